The molecule has 0 N–H and O–H groups in total. The van der Waals surface area contributed by atoms with Gasteiger partial charge in [0.15, 0.2) is 0 Å². The van der Waals surface area contributed by atoms with Gasteiger partial charge in [0.2, 0.25) is 0 Å². The molecule has 0 aliphatic rings. The van der Waals surface area contributed by atoms with E-state index in [9.17, 15) is 8.22 Å². The number of furan rings is 1. The Bertz CT molecular complexity index is 3980. The van der Waals surface area contributed by atoms with E-state index in [0.717, 1.165) is 32.7 Å². The average Bonchev–Trinajstić information content (AvgIpc) is 3.72. The van der Waals surface area contributed by atoms with Crippen LogP contribution < -0.4 is 0 Å². The Morgan fingerprint density at radius 3 is 1.75 bits per heavy atom. The fourth-order valence-electron chi connectivity index (χ4n) is 7.58. The third-order valence-corrected chi connectivity index (χ3v) is 9.75. The van der Waals surface area contributed by atoms with Crippen molar-refractivity contribution in [2.45, 2.75) is 0 Å². The predicted molar refractivity (Wildman–Crippen MR) is 218 cm³/mol. The topological polar surface area (TPSA) is 13.1 Å². The lowest BCUT2D eigenvalue weighted by Crippen LogP contribution is -1.92. The molecule has 0 saturated heterocycles. The summed E-state index contributed by atoms with van der Waals surface area (Å²) in [7, 11) is 0. The third kappa shape index (κ3) is 4.16. The normalized spacial score (nSPS) is 16.0. The van der Waals surface area contributed by atoms with Gasteiger partial charge in [-0.2, -0.15) is 0 Å². The van der Waals surface area contributed by atoms with Crippen LogP contribution in [-0.4, -0.2) is 0 Å². The van der Waals surface area contributed by atoms with Crippen molar-refractivity contribution in [2.24, 2.45) is 0 Å². The fraction of sp³-hybridized carbons (Fsp3) is 0. The highest BCUT2D eigenvalue weighted by molar-refractivity contribution is 6.25. The maximum absolute atomic E-state index is 9.53. The lowest BCUT2D eigenvalue weighted by Gasteiger charge is -2.20. The van der Waals surface area contributed by atoms with Crippen molar-refractivity contribution in [3.8, 4) is 33.4 Å². The van der Waals surface area contributed by atoms with Gasteiger partial charge >= 0.3 is 0 Å². The molecule has 11 aromatic rings. The largest absolute Gasteiger partial charge is 0.455 e. The lowest BCUT2D eigenvalue weighted by molar-refractivity contribution is 0.670. The highest BCUT2D eigenvalue weighted by atomic mass is 16.3. The molecule has 1 heterocycles. The first-order valence-corrected chi connectivity index (χ1v) is 16.4. The Labute approximate surface area is 315 Å². The van der Waals surface area contributed by atoms with Crippen LogP contribution in [0.5, 0.6) is 0 Å². The van der Waals surface area contributed by atoms with E-state index in [1.807, 2.05) is 72.8 Å². The van der Waals surface area contributed by atoms with Crippen molar-refractivity contribution in [3.05, 3.63) is 182 Å². The molecule has 0 aliphatic carbocycles. The molecule has 10 aromatic carbocycles. The number of para-hydroxylation sites is 1. The van der Waals surface area contributed by atoms with Gasteiger partial charge in [-0.05, 0) is 93.8 Å². The fourth-order valence-corrected chi connectivity index (χ4v) is 7.58. The second-order valence-electron chi connectivity index (χ2n) is 12.4. The molecule has 0 aliphatic heterocycles. The standard InChI is InChI=1S/C50H30O/c1-2-14-33-30-34(25-24-31(33)12-1)47-39-18-7-9-20-41(39)48(42-21-10-8-19-40(42)47)43-28-27-38(36-16-5-6-17-37(36)43)44-22-11-23-45-49-35-15-4-3-13-32(35)26-29-46(49)51-50(44)45/h1-30H/i1D,2D,7D,8D,9D,10D,12D,14D,18D,19D,20D,21D,24D,25D,30D. The smallest absolute Gasteiger partial charge is 0.143 e. The van der Waals surface area contributed by atoms with Crippen LogP contribution in [-0.2, 0) is 0 Å². The summed E-state index contributed by atoms with van der Waals surface area (Å²) < 4.78 is 142. The molecule has 0 atom stereocenters. The molecule has 0 amide bonds. The quantitative estimate of drug-likeness (QED) is 0.172. The second-order valence-corrected chi connectivity index (χ2v) is 12.4. The van der Waals surface area contributed by atoms with E-state index in [1.165, 1.54) is 0 Å². The van der Waals surface area contributed by atoms with Crippen molar-refractivity contribution >= 4 is 75.8 Å². The van der Waals surface area contributed by atoms with E-state index in [0.29, 0.717) is 27.5 Å². The highest BCUT2D eigenvalue weighted by Crippen LogP contribution is 2.48. The van der Waals surface area contributed by atoms with Gasteiger partial charge in [0.25, 0.3) is 0 Å². The minimum absolute atomic E-state index is 0.0331. The molecule has 236 valence electrons. The molecule has 0 bridgehead atoms. The van der Waals surface area contributed by atoms with E-state index in [-0.39, 0.29) is 32.7 Å². The Morgan fingerprint density at radius 2 is 0.980 bits per heavy atom. The van der Waals surface area contributed by atoms with Gasteiger partial charge in [-0.25, -0.2) is 0 Å². The SMILES string of the molecule is [2H]c1c([2H])c([2H])c2c([2H])c(-c3c4c([2H])c([2H])c([2H])c([2H])c4c(-c4ccc(-c5cccc6c5oc5ccc7ccccc7c56)c5ccccc45)c4c([2H])c([2H])c([2H])c([2H])c34)c([2H])c([2H])c2c1[2H]. The number of fused-ring (bicyclic) bond motifs is 9. The molecular formula is C50H30O. The van der Waals surface area contributed by atoms with Crippen molar-refractivity contribution in [3.63, 3.8) is 0 Å². The predicted octanol–water partition coefficient (Wildman–Crippen LogP) is 14.4. The Kier molecular flexibility index (Phi) is 3.70. The van der Waals surface area contributed by atoms with Crippen LogP contribution >= 0.6 is 0 Å². The summed E-state index contributed by atoms with van der Waals surface area (Å²) in [5.74, 6) is 0. The summed E-state index contributed by atoms with van der Waals surface area (Å²) >= 11 is 0. The summed E-state index contributed by atoms with van der Waals surface area (Å²) in [6.45, 7) is 0. The van der Waals surface area contributed by atoms with E-state index in [4.69, 9.17) is 16.8 Å². The van der Waals surface area contributed by atoms with Crippen molar-refractivity contribution in [1.82, 2.24) is 0 Å². The maximum atomic E-state index is 9.53. The minimum atomic E-state index is -0.740. The summed E-state index contributed by atoms with van der Waals surface area (Å²) in [5, 5.41) is 3.38. The number of hydrogen-bond donors (Lipinski definition) is 0. The molecule has 0 radical (unpaired) electrons. The molecule has 1 heteroatoms. The summed E-state index contributed by atoms with van der Waals surface area (Å²) in [6.07, 6.45) is 0. The highest BCUT2D eigenvalue weighted by Gasteiger charge is 2.21. The first kappa shape index (κ1) is 17.3. The zero-order valence-electron chi connectivity index (χ0n) is 41.6. The van der Waals surface area contributed by atoms with Crippen LogP contribution in [0.3, 0.4) is 0 Å². The monoisotopic (exact) mass is 661 g/mol. The summed E-state index contributed by atoms with van der Waals surface area (Å²) in [5.41, 5.74) is 2.36. The first-order chi connectivity index (χ1) is 31.6. The molecule has 0 saturated carbocycles. The number of hydrogen-bond acceptors (Lipinski definition) is 1. The van der Waals surface area contributed by atoms with Crippen LogP contribution in [0.25, 0.3) is 109 Å². The second kappa shape index (κ2) is 10.9. The minimum Gasteiger partial charge on any atom is -0.455 e. The van der Waals surface area contributed by atoms with Gasteiger partial charge in [0.05, 0.1) is 20.6 Å². The Morgan fingerprint density at radius 1 is 0.373 bits per heavy atom. The molecule has 11 rings (SSSR count). The molecule has 1 aromatic heterocycles. The van der Waals surface area contributed by atoms with E-state index < -0.39 is 107 Å². The van der Waals surface area contributed by atoms with Crippen LogP contribution in [0.15, 0.2) is 186 Å². The van der Waals surface area contributed by atoms with Gasteiger partial charge in [-0.3, -0.25) is 0 Å². The summed E-state index contributed by atoms with van der Waals surface area (Å²) in [4.78, 5) is 0. The number of rotatable bonds is 3. The van der Waals surface area contributed by atoms with Crippen molar-refractivity contribution in [2.75, 3.05) is 0 Å². The zero-order valence-corrected chi connectivity index (χ0v) is 26.6. The summed E-state index contributed by atoms with van der Waals surface area (Å²) in [6, 6.07) is 18.8. The van der Waals surface area contributed by atoms with Crippen LogP contribution in [0.2, 0.25) is 0 Å². The van der Waals surface area contributed by atoms with E-state index in [2.05, 4.69) is 6.07 Å². The zero-order chi connectivity index (χ0) is 46.5. The molecule has 0 unspecified atom stereocenters. The van der Waals surface area contributed by atoms with E-state index in [1.54, 1.807) is 12.1 Å². The molecule has 1 nitrogen and oxygen atoms in total. The van der Waals surface area contributed by atoms with Gasteiger partial charge in [-0.15, -0.1) is 0 Å². The maximum Gasteiger partial charge on any atom is 0.143 e. The molecule has 0 fully saturated rings. The van der Waals surface area contributed by atoms with Crippen LogP contribution in [0.1, 0.15) is 20.6 Å². The van der Waals surface area contributed by atoms with Gasteiger partial charge in [0, 0.05) is 16.3 Å². The molecule has 51 heavy (non-hydrogen) atoms. The van der Waals surface area contributed by atoms with Gasteiger partial charge in [-0.1, -0.05) is 170 Å². The van der Waals surface area contributed by atoms with Gasteiger partial charge < -0.3 is 4.42 Å². The first-order valence-electron chi connectivity index (χ1n) is 23.9. The Balaban J connectivity index is 1.32. The van der Waals surface area contributed by atoms with Crippen LogP contribution in [0.4, 0.5) is 0 Å². The van der Waals surface area contributed by atoms with Crippen molar-refractivity contribution in [1.29, 1.82) is 0 Å². The lowest BCUT2D eigenvalue weighted by atomic mass is 9.83. The Hall–Kier alpha value is -6.70. The molecule has 0 spiro atoms. The number of benzene rings is 10. The average molecular weight is 662 g/mol. The third-order valence-electron chi connectivity index (χ3n) is 9.75. The molecular weight excluding hydrogens is 617 g/mol. The van der Waals surface area contributed by atoms with Gasteiger partial charge in [0.1, 0.15) is 11.2 Å². The van der Waals surface area contributed by atoms with Crippen LogP contribution in [0, 0.1) is 0 Å². The van der Waals surface area contributed by atoms with Crippen molar-refractivity contribution < 1.29 is 25.0 Å². The van der Waals surface area contributed by atoms with E-state index >= 15 is 0 Å².